The minimum absolute atomic E-state index is 0.502. The molecule has 1 aromatic rings. The lowest BCUT2D eigenvalue weighted by Gasteiger charge is -2.25. The van der Waals surface area contributed by atoms with Crippen LogP contribution in [0.1, 0.15) is 64.4 Å². The highest BCUT2D eigenvalue weighted by Crippen LogP contribution is 2.36. The molecule has 0 bridgehead atoms. The summed E-state index contributed by atoms with van der Waals surface area (Å²) >= 11 is 0. The van der Waals surface area contributed by atoms with E-state index in [-0.39, 0.29) is 0 Å². The Bertz CT molecular complexity index is 466. The predicted molar refractivity (Wildman–Crippen MR) is 101 cm³/mol. The Hall–Kier alpha value is -1.57. The normalized spacial score (nSPS) is 16.0. The van der Waals surface area contributed by atoms with Crippen molar-refractivity contribution in [1.82, 2.24) is 0 Å². The summed E-state index contributed by atoms with van der Waals surface area (Å²) in [4.78, 5) is 9.10. The van der Waals surface area contributed by atoms with Gasteiger partial charge in [0.15, 0.2) is 12.4 Å². The fourth-order valence-corrected chi connectivity index (χ4v) is 3.54. The Balaban J connectivity index is 2.04. The van der Waals surface area contributed by atoms with Gasteiger partial charge in [-0.05, 0) is 30.7 Å². The van der Waals surface area contributed by atoms with Crippen molar-refractivity contribution >= 4 is 12.4 Å². The number of aliphatic imine (C=N–C) groups is 2. The zero-order chi connectivity index (χ0) is 16.3. The van der Waals surface area contributed by atoms with Gasteiger partial charge < -0.3 is 0 Å². The highest BCUT2D eigenvalue weighted by Gasteiger charge is 2.34. The van der Waals surface area contributed by atoms with Gasteiger partial charge in [0, 0.05) is 0 Å². The van der Waals surface area contributed by atoms with E-state index in [0.29, 0.717) is 11.8 Å². The van der Waals surface area contributed by atoms with Gasteiger partial charge in [-0.2, -0.15) is 0 Å². The van der Waals surface area contributed by atoms with Crippen molar-refractivity contribution in [1.29, 1.82) is 0 Å². The van der Waals surface area contributed by atoms with Crippen LogP contribution >= 0.6 is 0 Å². The minimum atomic E-state index is 0.502. The van der Waals surface area contributed by atoms with Crippen LogP contribution in [0.2, 0.25) is 0 Å². The fraction of sp³-hybridized carbons (Fsp3) is 0.571. The van der Waals surface area contributed by atoms with Crippen molar-refractivity contribution < 1.29 is 0 Å². The standard InChI is InChI=1S/C21H31N2/c1-3-5-6-10-14-20(21-22-15-16-23-21)19(11-4-2)17-18-12-8-7-9-13-18/h7-9,12-13,15-16,19-20H,3-6,10-11,14,17H2,1-2H3/q+1. The Morgan fingerprint density at radius 3 is 2.26 bits per heavy atom. The molecule has 2 nitrogen and oxygen atoms in total. The first kappa shape index (κ1) is 17.8. The molecular weight excluding hydrogens is 280 g/mol. The zero-order valence-electron chi connectivity index (χ0n) is 14.7. The van der Waals surface area contributed by atoms with E-state index in [1.807, 2.05) is 12.4 Å². The molecule has 0 N–H and O–H groups in total. The molecule has 0 saturated carbocycles. The number of unbranched alkanes of at least 4 members (excludes halogenated alkanes) is 3. The van der Waals surface area contributed by atoms with Crippen LogP contribution in [-0.4, -0.2) is 12.4 Å². The van der Waals surface area contributed by atoms with Gasteiger partial charge in [-0.25, -0.2) is 0 Å². The molecule has 0 fully saturated rings. The molecule has 124 valence electrons. The second-order valence-electron chi connectivity index (χ2n) is 6.61. The van der Waals surface area contributed by atoms with Gasteiger partial charge in [-0.3, -0.25) is 0 Å². The van der Waals surface area contributed by atoms with Crippen LogP contribution in [0.25, 0.3) is 0 Å². The van der Waals surface area contributed by atoms with Crippen molar-refractivity contribution in [2.24, 2.45) is 21.8 Å². The van der Waals surface area contributed by atoms with Gasteiger partial charge >= 0.3 is 0 Å². The lowest BCUT2D eigenvalue weighted by molar-refractivity contribution is 0.290. The average Bonchev–Trinajstić information content (AvgIpc) is 3.10. The Morgan fingerprint density at radius 1 is 0.870 bits per heavy atom. The molecule has 1 aliphatic rings. The Kier molecular flexibility index (Phi) is 7.92. The fourth-order valence-electron chi connectivity index (χ4n) is 3.54. The van der Waals surface area contributed by atoms with Crippen LogP contribution in [0, 0.1) is 18.0 Å². The van der Waals surface area contributed by atoms with Gasteiger partial charge in [0.1, 0.15) is 0 Å². The third-order valence-corrected chi connectivity index (χ3v) is 4.75. The number of benzene rings is 1. The Labute approximate surface area is 142 Å². The molecule has 0 aromatic heterocycles. The largest absolute Gasteiger partial charge is 0.244 e. The first-order valence-corrected chi connectivity index (χ1v) is 9.32. The van der Waals surface area contributed by atoms with E-state index in [2.05, 4.69) is 54.2 Å². The number of hydrogen-bond acceptors (Lipinski definition) is 2. The van der Waals surface area contributed by atoms with E-state index in [1.165, 1.54) is 50.5 Å². The SMILES string of the molecule is CCCCCCC([C+]1N=CC=N1)C(CCC)Cc1ccccc1. The van der Waals surface area contributed by atoms with Crippen molar-refractivity contribution in [3.63, 3.8) is 0 Å². The topological polar surface area (TPSA) is 24.7 Å². The average molecular weight is 311 g/mol. The van der Waals surface area contributed by atoms with E-state index >= 15 is 0 Å². The van der Waals surface area contributed by atoms with Crippen molar-refractivity contribution in [3.8, 4) is 0 Å². The van der Waals surface area contributed by atoms with E-state index in [9.17, 15) is 0 Å². The lowest BCUT2D eigenvalue weighted by Crippen LogP contribution is -2.22. The van der Waals surface area contributed by atoms with Crippen LogP contribution in [0.4, 0.5) is 0 Å². The molecule has 0 aliphatic carbocycles. The van der Waals surface area contributed by atoms with E-state index in [4.69, 9.17) is 0 Å². The predicted octanol–water partition coefficient (Wildman–Crippen LogP) is 5.88. The first-order valence-electron chi connectivity index (χ1n) is 9.32. The van der Waals surface area contributed by atoms with Crippen molar-refractivity contribution in [2.75, 3.05) is 0 Å². The summed E-state index contributed by atoms with van der Waals surface area (Å²) in [5, 5.41) is 0. The van der Waals surface area contributed by atoms with Gasteiger partial charge in [0.2, 0.25) is 6.17 Å². The van der Waals surface area contributed by atoms with Gasteiger partial charge in [0.25, 0.3) is 0 Å². The molecule has 23 heavy (non-hydrogen) atoms. The zero-order valence-corrected chi connectivity index (χ0v) is 14.7. The van der Waals surface area contributed by atoms with Crippen LogP contribution < -0.4 is 0 Å². The van der Waals surface area contributed by atoms with Gasteiger partial charge in [-0.15, -0.1) is 0 Å². The molecular formula is C21H31N2+. The summed E-state index contributed by atoms with van der Waals surface area (Å²) in [5.74, 6) is 1.15. The van der Waals surface area contributed by atoms with Gasteiger partial charge in [-0.1, -0.05) is 86.3 Å². The molecule has 2 heteroatoms. The quantitative estimate of drug-likeness (QED) is 0.360. The number of rotatable bonds is 11. The van der Waals surface area contributed by atoms with Crippen LogP contribution in [-0.2, 0) is 6.42 Å². The first-order chi connectivity index (χ1) is 11.3. The maximum absolute atomic E-state index is 4.55. The van der Waals surface area contributed by atoms with Crippen molar-refractivity contribution in [3.05, 3.63) is 42.1 Å². The van der Waals surface area contributed by atoms with Gasteiger partial charge in [0.05, 0.1) is 5.92 Å². The second-order valence-corrected chi connectivity index (χ2v) is 6.61. The number of hydrogen-bond donors (Lipinski definition) is 0. The lowest BCUT2D eigenvalue weighted by atomic mass is 9.79. The van der Waals surface area contributed by atoms with E-state index < -0.39 is 0 Å². The monoisotopic (exact) mass is 311 g/mol. The summed E-state index contributed by atoms with van der Waals surface area (Å²) in [6, 6.07) is 10.9. The number of nitrogens with zero attached hydrogens (tertiary/aromatic N) is 2. The van der Waals surface area contributed by atoms with Crippen LogP contribution in [0.5, 0.6) is 0 Å². The molecule has 1 heterocycles. The maximum atomic E-state index is 4.55. The molecule has 0 spiro atoms. The molecule has 1 aliphatic heterocycles. The van der Waals surface area contributed by atoms with E-state index in [0.717, 1.165) is 12.6 Å². The van der Waals surface area contributed by atoms with Crippen LogP contribution in [0.3, 0.4) is 0 Å². The molecule has 0 amide bonds. The molecule has 0 radical (unpaired) electrons. The highest BCUT2D eigenvalue weighted by atomic mass is 15.0. The minimum Gasteiger partial charge on any atom is -0.0965 e. The Morgan fingerprint density at radius 2 is 1.61 bits per heavy atom. The van der Waals surface area contributed by atoms with Crippen molar-refractivity contribution in [2.45, 2.75) is 65.2 Å². The second kappa shape index (κ2) is 10.3. The molecule has 2 rings (SSSR count). The highest BCUT2D eigenvalue weighted by molar-refractivity contribution is 6.18. The summed E-state index contributed by atoms with van der Waals surface area (Å²) in [5.41, 5.74) is 1.44. The molecule has 1 aromatic carbocycles. The maximum Gasteiger partial charge on any atom is 0.244 e. The summed E-state index contributed by atoms with van der Waals surface area (Å²) in [7, 11) is 0. The van der Waals surface area contributed by atoms with Crippen LogP contribution in [0.15, 0.2) is 40.3 Å². The third kappa shape index (κ3) is 5.85. The molecule has 2 unspecified atom stereocenters. The molecule has 0 saturated heterocycles. The summed E-state index contributed by atoms with van der Waals surface area (Å²) < 4.78 is 0. The summed E-state index contributed by atoms with van der Waals surface area (Å²) in [6.45, 7) is 4.56. The smallest absolute Gasteiger partial charge is 0.0965 e. The molecule has 2 atom stereocenters. The third-order valence-electron chi connectivity index (χ3n) is 4.75. The summed E-state index contributed by atoms with van der Waals surface area (Å²) in [6.07, 6.45) is 14.9. The van der Waals surface area contributed by atoms with E-state index in [1.54, 1.807) is 0 Å².